The number of carbonyl (C=O) groups is 2. The Morgan fingerprint density at radius 3 is 2.68 bits per heavy atom. The number of alkyl halides is 1. The lowest BCUT2D eigenvalue weighted by atomic mass is 10.2. The van der Waals surface area contributed by atoms with Crippen LogP contribution >= 0.6 is 11.6 Å². The number of halogens is 1. The fourth-order valence-electron chi connectivity index (χ4n) is 1.40. The van der Waals surface area contributed by atoms with Gasteiger partial charge in [0, 0.05) is 13.0 Å². The van der Waals surface area contributed by atoms with Crippen molar-refractivity contribution in [1.82, 2.24) is 5.32 Å². The van der Waals surface area contributed by atoms with E-state index in [4.69, 9.17) is 16.3 Å². The summed E-state index contributed by atoms with van der Waals surface area (Å²) in [5, 5.41) is 4.68. The second-order valence-electron chi connectivity index (χ2n) is 3.91. The summed E-state index contributed by atoms with van der Waals surface area (Å²) in [6, 6.07) is 7.12. The lowest BCUT2D eigenvalue weighted by Crippen LogP contribution is -2.32. The summed E-state index contributed by atoms with van der Waals surface area (Å²) < 4.78 is 5.12. The molecular formula is C13H17ClN2O3. The van der Waals surface area contributed by atoms with Gasteiger partial charge in [0.2, 0.25) is 11.8 Å². The number of anilines is 1. The van der Waals surface area contributed by atoms with E-state index in [1.54, 1.807) is 25.1 Å². The fourth-order valence-corrected chi connectivity index (χ4v) is 1.48. The molecule has 2 amide bonds. The number of benzene rings is 1. The zero-order chi connectivity index (χ0) is 14.3. The Bertz CT molecular complexity index is 449. The van der Waals surface area contributed by atoms with Gasteiger partial charge < -0.3 is 15.4 Å². The average Bonchev–Trinajstić information content (AvgIpc) is 2.39. The predicted molar refractivity (Wildman–Crippen MR) is 74.6 cm³/mol. The Balaban J connectivity index is 2.41. The second-order valence-corrected chi connectivity index (χ2v) is 4.56. The molecule has 1 aromatic carbocycles. The monoisotopic (exact) mass is 284 g/mol. The van der Waals surface area contributed by atoms with Crippen molar-refractivity contribution in [2.24, 2.45) is 0 Å². The molecule has 1 atom stereocenters. The summed E-state index contributed by atoms with van der Waals surface area (Å²) in [7, 11) is 1.53. The molecule has 0 spiro atoms. The highest BCUT2D eigenvalue weighted by molar-refractivity contribution is 6.30. The highest BCUT2D eigenvalue weighted by Crippen LogP contribution is 2.22. The van der Waals surface area contributed by atoms with E-state index in [9.17, 15) is 9.59 Å². The second kappa shape index (κ2) is 7.63. The van der Waals surface area contributed by atoms with Crippen LogP contribution in [0, 0.1) is 0 Å². The minimum Gasteiger partial charge on any atom is -0.495 e. The Morgan fingerprint density at radius 2 is 2.05 bits per heavy atom. The van der Waals surface area contributed by atoms with Crippen LogP contribution in [0.3, 0.4) is 0 Å². The molecule has 0 aromatic heterocycles. The molecule has 0 saturated carbocycles. The van der Waals surface area contributed by atoms with Crippen molar-refractivity contribution >= 4 is 29.1 Å². The molecule has 104 valence electrons. The SMILES string of the molecule is COc1ccccc1NC(=O)CCNC(=O)[C@@H](C)Cl. The third kappa shape index (κ3) is 5.18. The Hall–Kier alpha value is -1.75. The topological polar surface area (TPSA) is 67.4 Å². The lowest BCUT2D eigenvalue weighted by Gasteiger charge is -2.10. The van der Waals surface area contributed by atoms with Crippen LogP contribution in [0.4, 0.5) is 5.69 Å². The molecule has 0 bridgehead atoms. The van der Waals surface area contributed by atoms with Crippen LogP contribution in [0.5, 0.6) is 5.75 Å². The van der Waals surface area contributed by atoms with Crippen LogP contribution in [0.25, 0.3) is 0 Å². The molecule has 6 heteroatoms. The van der Waals surface area contributed by atoms with Gasteiger partial charge in [0.25, 0.3) is 0 Å². The van der Waals surface area contributed by atoms with Crippen LogP contribution in [0.2, 0.25) is 0 Å². The van der Waals surface area contributed by atoms with E-state index in [0.717, 1.165) is 0 Å². The molecule has 0 unspecified atom stereocenters. The minimum absolute atomic E-state index is 0.174. The van der Waals surface area contributed by atoms with Gasteiger partial charge in [-0.2, -0.15) is 0 Å². The number of ether oxygens (including phenoxy) is 1. The van der Waals surface area contributed by atoms with E-state index in [2.05, 4.69) is 10.6 Å². The molecule has 19 heavy (non-hydrogen) atoms. The molecule has 0 aliphatic heterocycles. The van der Waals surface area contributed by atoms with Gasteiger partial charge in [-0.25, -0.2) is 0 Å². The van der Waals surface area contributed by atoms with Crippen LogP contribution in [0.15, 0.2) is 24.3 Å². The summed E-state index contributed by atoms with van der Waals surface area (Å²) >= 11 is 5.58. The molecule has 0 fully saturated rings. The number of rotatable bonds is 6. The first-order valence-electron chi connectivity index (χ1n) is 5.89. The van der Waals surface area contributed by atoms with Gasteiger partial charge in [0.05, 0.1) is 12.8 Å². The first kappa shape index (κ1) is 15.3. The first-order chi connectivity index (χ1) is 9.04. The van der Waals surface area contributed by atoms with Crippen molar-refractivity contribution in [2.45, 2.75) is 18.7 Å². The van der Waals surface area contributed by atoms with Crippen LogP contribution in [-0.2, 0) is 9.59 Å². The molecule has 1 aromatic rings. The third-order valence-electron chi connectivity index (χ3n) is 2.39. The van der Waals surface area contributed by atoms with E-state index in [1.165, 1.54) is 7.11 Å². The molecule has 0 saturated heterocycles. The average molecular weight is 285 g/mol. The Kier molecular flexibility index (Phi) is 6.15. The smallest absolute Gasteiger partial charge is 0.237 e. The maximum Gasteiger partial charge on any atom is 0.237 e. The van der Waals surface area contributed by atoms with E-state index in [1.807, 2.05) is 6.07 Å². The van der Waals surface area contributed by atoms with Gasteiger partial charge in [-0.15, -0.1) is 11.6 Å². The van der Waals surface area contributed by atoms with Crippen molar-refractivity contribution in [1.29, 1.82) is 0 Å². The first-order valence-corrected chi connectivity index (χ1v) is 6.33. The molecule has 0 aliphatic carbocycles. The Morgan fingerprint density at radius 1 is 1.37 bits per heavy atom. The van der Waals surface area contributed by atoms with Crippen molar-refractivity contribution in [2.75, 3.05) is 19.0 Å². The van der Waals surface area contributed by atoms with Gasteiger partial charge in [0.1, 0.15) is 11.1 Å². The highest BCUT2D eigenvalue weighted by Gasteiger charge is 2.10. The molecule has 5 nitrogen and oxygen atoms in total. The number of methoxy groups -OCH3 is 1. The summed E-state index contributed by atoms with van der Waals surface area (Å²) in [5.41, 5.74) is 0.604. The minimum atomic E-state index is -0.600. The number of para-hydroxylation sites is 2. The van der Waals surface area contributed by atoms with Crippen LogP contribution < -0.4 is 15.4 Å². The van der Waals surface area contributed by atoms with Crippen molar-refractivity contribution in [3.63, 3.8) is 0 Å². The van der Waals surface area contributed by atoms with Crippen molar-refractivity contribution in [3.05, 3.63) is 24.3 Å². The van der Waals surface area contributed by atoms with Gasteiger partial charge in [-0.3, -0.25) is 9.59 Å². The Labute approximate surface area is 117 Å². The van der Waals surface area contributed by atoms with Gasteiger partial charge in [-0.1, -0.05) is 12.1 Å². The maximum atomic E-state index is 11.7. The molecule has 2 N–H and O–H groups in total. The zero-order valence-corrected chi connectivity index (χ0v) is 11.7. The van der Waals surface area contributed by atoms with Crippen LogP contribution in [0.1, 0.15) is 13.3 Å². The number of amides is 2. The summed E-state index contributed by atoms with van der Waals surface area (Å²) in [5.74, 6) is 0.105. The van der Waals surface area contributed by atoms with Crippen molar-refractivity contribution < 1.29 is 14.3 Å². The maximum absolute atomic E-state index is 11.7. The molecular weight excluding hydrogens is 268 g/mol. The fraction of sp³-hybridized carbons (Fsp3) is 0.385. The van der Waals surface area contributed by atoms with Gasteiger partial charge in [-0.05, 0) is 19.1 Å². The zero-order valence-electron chi connectivity index (χ0n) is 10.9. The van der Waals surface area contributed by atoms with E-state index in [-0.39, 0.29) is 24.8 Å². The van der Waals surface area contributed by atoms with E-state index < -0.39 is 5.38 Å². The van der Waals surface area contributed by atoms with Crippen molar-refractivity contribution in [3.8, 4) is 5.75 Å². The quantitative estimate of drug-likeness (QED) is 0.782. The number of carbonyl (C=O) groups excluding carboxylic acids is 2. The lowest BCUT2D eigenvalue weighted by molar-refractivity contribution is -0.120. The third-order valence-corrected chi connectivity index (χ3v) is 2.59. The summed E-state index contributed by atoms with van der Waals surface area (Å²) in [4.78, 5) is 22.9. The molecule has 0 heterocycles. The molecule has 1 rings (SSSR count). The molecule has 0 aliphatic rings. The van der Waals surface area contributed by atoms with Gasteiger partial charge in [0.15, 0.2) is 0 Å². The normalized spacial score (nSPS) is 11.5. The van der Waals surface area contributed by atoms with Crippen LogP contribution in [-0.4, -0.2) is 30.8 Å². The number of nitrogens with one attached hydrogen (secondary N) is 2. The van der Waals surface area contributed by atoms with E-state index in [0.29, 0.717) is 11.4 Å². The highest BCUT2D eigenvalue weighted by atomic mass is 35.5. The largest absolute Gasteiger partial charge is 0.495 e. The van der Waals surface area contributed by atoms with Gasteiger partial charge >= 0.3 is 0 Å². The summed E-state index contributed by atoms with van der Waals surface area (Å²) in [6.07, 6.45) is 0.174. The summed E-state index contributed by atoms with van der Waals surface area (Å²) in [6.45, 7) is 1.82. The standard InChI is InChI=1S/C13H17ClN2O3/c1-9(14)13(18)15-8-7-12(17)16-10-5-3-4-6-11(10)19-2/h3-6,9H,7-8H2,1-2H3,(H,15,18)(H,16,17)/t9-/m1/s1. The molecule has 0 radical (unpaired) electrons. The number of hydrogen-bond acceptors (Lipinski definition) is 3. The number of hydrogen-bond donors (Lipinski definition) is 2. The predicted octanol–water partition coefficient (Wildman–Crippen LogP) is 1.77. The van der Waals surface area contributed by atoms with E-state index >= 15 is 0 Å².